The van der Waals surface area contributed by atoms with E-state index in [1.807, 2.05) is 24.3 Å². The molecule has 3 nitrogen and oxygen atoms in total. The van der Waals surface area contributed by atoms with Crippen molar-refractivity contribution in [3.05, 3.63) is 34.9 Å². The summed E-state index contributed by atoms with van der Waals surface area (Å²) in [6.07, 6.45) is 0. The Morgan fingerprint density at radius 1 is 1.25 bits per heavy atom. The lowest BCUT2D eigenvalue weighted by molar-refractivity contribution is -0.119. The molecule has 112 valence electrons. The Balaban J connectivity index is 2.75. The van der Waals surface area contributed by atoms with Crippen LogP contribution in [0.1, 0.15) is 32.3 Å². The summed E-state index contributed by atoms with van der Waals surface area (Å²) in [7, 11) is 1.79. The van der Waals surface area contributed by atoms with Gasteiger partial charge in [-0.05, 0) is 30.2 Å². The fourth-order valence-corrected chi connectivity index (χ4v) is 2.13. The van der Waals surface area contributed by atoms with E-state index in [1.54, 1.807) is 7.05 Å². The number of Topliss-reactive ketones (excluding diaryl/α,β-unsaturated/α-hetero) is 1. The average Bonchev–Trinajstić information content (AvgIpc) is 2.35. The molecule has 1 unspecified atom stereocenters. The van der Waals surface area contributed by atoms with Gasteiger partial charge in [0.15, 0.2) is 5.78 Å². The Morgan fingerprint density at radius 3 is 2.35 bits per heavy atom. The number of ketones is 1. The number of benzene rings is 1. The average molecular weight is 297 g/mol. The van der Waals surface area contributed by atoms with Crippen LogP contribution in [0.5, 0.6) is 0 Å². The topological polar surface area (TPSA) is 41.1 Å². The van der Waals surface area contributed by atoms with Crippen molar-refractivity contribution >= 4 is 17.4 Å². The van der Waals surface area contributed by atoms with Crippen molar-refractivity contribution in [2.24, 2.45) is 5.41 Å². The van der Waals surface area contributed by atoms with Crippen molar-refractivity contribution in [1.29, 1.82) is 0 Å². The second kappa shape index (κ2) is 7.77. The van der Waals surface area contributed by atoms with E-state index in [0.29, 0.717) is 18.1 Å². The van der Waals surface area contributed by atoms with Gasteiger partial charge in [-0.15, -0.1) is 0 Å². The zero-order chi connectivity index (χ0) is 15.2. The largest absolute Gasteiger partial charge is 0.315 e. The van der Waals surface area contributed by atoms with E-state index in [-0.39, 0.29) is 17.1 Å². The molecule has 0 spiro atoms. The molecular weight excluding hydrogens is 272 g/mol. The normalized spacial score (nSPS) is 13.2. The first kappa shape index (κ1) is 17.2. The fraction of sp³-hybridized carbons (Fsp3) is 0.562. The van der Waals surface area contributed by atoms with E-state index < -0.39 is 0 Å². The van der Waals surface area contributed by atoms with Crippen LogP contribution < -0.4 is 10.6 Å². The van der Waals surface area contributed by atoms with Gasteiger partial charge in [0.2, 0.25) is 0 Å². The van der Waals surface area contributed by atoms with Crippen LogP contribution in [-0.2, 0) is 4.79 Å². The second-order valence-electron chi connectivity index (χ2n) is 6.29. The number of carbonyl (C=O) groups excluding carboxylic acids is 1. The molecule has 0 saturated heterocycles. The van der Waals surface area contributed by atoms with Crippen molar-refractivity contribution in [3.63, 3.8) is 0 Å². The monoisotopic (exact) mass is 296 g/mol. The number of carbonyl (C=O) groups is 1. The highest BCUT2D eigenvalue weighted by atomic mass is 35.5. The number of rotatable bonds is 7. The molecular formula is C16H25ClN2O. The van der Waals surface area contributed by atoms with Gasteiger partial charge < -0.3 is 10.6 Å². The third-order valence-electron chi connectivity index (χ3n) is 3.02. The highest BCUT2D eigenvalue weighted by Crippen LogP contribution is 2.19. The third-order valence-corrected chi connectivity index (χ3v) is 3.27. The molecule has 0 saturated carbocycles. The zero-order valence-electron chi connectivity index (χ0n) is 12.8. The molecule has 1 aromatic rings. The molecule has 2 N–H and O–H groups in total. The van der Waals surface area contributed by atoms with E-state index >= 15 is 0 Å². The fourth-order valence-electron chi connectivity index (χ4n) is 2.00. The summed E-state index contributed by atoms with van der Waals surface area (Å²) in [6, 6.07) is 7.53. The number of hydrogen-bond donors (Lipinski definition) is 2. The quantitative estimate of drug-likeness (QED) is 0.813. The first-order valence-corrected chi connectivity index (χ1v) is 7.35. The maximum Gasteiger partial charge on any atom is 0.155 e. The molecule has 0 fully saturated rings. The molecule has 0 aliphatic rings. The lowest BCUT2D eigenvalue weighted by Crippen LogP contribution is -2.35. The highest BCUT2D eigenvalue weighted by Gasteiger charge is 2.20. The molecule has 1 rings (SSSR count). The van der Waals surface area contributed by atoms with Gasteiger partial charge in [-0.2, -0.15) is 0 Å². The van der Waals surface area contributed by atoms with E-state index in [1.165, 1.54) is 0 Å². The Hall–Kier alpha value is -0.900. The minimum absolute atomic E-state index is 0.137. The summed E-state index contributed by atoms with van der Waals surface area (Å²) in [5.41, 5.74) is 1.22. The highest BCUT2D eigenvalue weighted by molar-refractivity contribution is 6.30. The summed E-state index contributed by atoms with van der Waals surface area (Å²) >= 11 is 5.91. The standard InChI is InChI=1S/C16H25ClN2O/c1-16(2,3)11-19-9-14(15(20)10-18-4)12-5-7-13(17)8-6-12/h5-8,14,18-19H,9-11H2,1-4H3. The van der Waals surface area contributed by atoms with Crippen LogP contribution in [-0.4, -0.2) is 32.5 Å². The molecule has 0 radical (unpaired) electrons. The van der Waals surface area contributed by atoms with Gasteiger partial charge in [0, 0.05) is 18.1 Å². The summed E-state index contributed by atoms with van der Waals surface area (Å²) in [5.74, 6) is 0.0540. The lowest BCUT2D eigenvalue weighted by atomic mass is 9.93. The van der Waals surface area contributed by atoms with Gasteiger partial charge in [0.1, 0.15) is 0 Å². The van der Waals surface area contributed by atoms with Crippen molar-refractivity contribution in [1.82, 2.24) is 10.6 Å². The van der Waals surface area contributed by atoms with Crippen LogP contribution in [0.4, 0.5) is 0 Å². The van der Waals surface area contributed by atoms with Gasteiger partial charge in [0.05, 0.1) is 12.5 Å². The lowest BCUT2D eigenvalue weighted by Gasteiger charge is -2.22. The van der Waals surface area contributed by atoms with E-state index in [0.717, 1.165) is 12.1 Å². The first-order valence-electron chi connectivity index (χ1n) is 6.97. The molecule has 20 heavy (non-hydrogen) atoms. The molecule has 0 aromatic heterocycles. The zero-order valence-corrected chi connectivity index (χ0v) is 13.6. The van der Waals surface area contributed by atoms with E-state index in [2.05, 4.69) is 31.4 Å². The molecule has 1 atom stereocenters. The van der Waals surface area contributed by atoms with Crippen LogP contribution in [0.25, 0.3) is 0 Å². The van der Waals surface area contributed by atoms with Crippen molar-refractivity contribution in [3.8, 4) is 0 Å². The predicted molar refractivity (Wildman–Crippen MR) is 85.5 cm³/mol. The number of halogens is 1. The minimum atomic E-state index is -0.137. The Kier molecular flexibility index (Phi) is 6.66. The summed E-state index contributed by atoms with van der Waals surface area (Å²) in [6.45, 7) is 8.43. The minimum Gasteiger partial charge on any atom is -0.315 e. The first-order chi connectivity index (χ1) is 9.33. The summed E-state index contributed by atoms with van der Waals surface area (Å²) < 4.78 is 0. The van der Waals surface area contributed by atoms with Gasteiger partial charge in [-0.3, -0.25) is 4.79 Å². The third kappa shape index (κ3) is 6.04. The second-order valence-corrected chi connectivity index (χ2v) is 6.73. The van der Waals surface area contributed by atoms with E-state index in [9.17, 15) is 4.79 Å². The maximum atomic E-state index is 12.2. The Labute approximate surface area is 127 Å². The van der Waals surface area contributed by atoms with Gasteiger partial charge >= 0.3 is 0 Å². The summed E-state index contributed by atoms with van der Waals surface area (Å²) in [4.78, 5) is 12.2. The molecule has 1 aromatic carbocycles. The molecule has 4 heteroatoms. The number of nitrogens with one attached hydrogen (secondary N) is 2. The van der Waals surface area contributed by atoms with Crippen LogP contribution in [0.3, 0.4) is 0 Å². The smallest absolute Gasteiger partial charge is 0.155 e. The van der Waals surface area contributed by atoms with Gasteiger partial charge in [0.25, 0.3) is 0 Å². The van der Waals surface area contributed by atoms with Crippen molar-refractivity contribution in [2.45, 2.75) is 26.7 Å². The van der Waals surface area contributed by atoms with E-state index in [4.69, 9.17) is 11.6 Å². The molecule has 0 aliphatic carbocycles. The molecule has 0 aliphatic heterocycles. The van der Waals surface area contributed by atoms with Crippen LogP contribution in [0, 0.1) is 5.41 Å². The maximum absolute atomic E-state index is 12.2. The predicted octanol–water partition coefficient (Wildman–Crippen LogP) is 2.85. The number of likely N-dealkylation sites (N-methyl/N-ethyl adjacent to an activating group) is 1. The Bertz CT molecular complexity index is 423. The van der Waals surface area contributed by atoms with Crippen molar-refractivity contribution < 1.29 is 4.79 Å². The molecule has 0 heterocycles. The summed E-state index contributed by atoms with van der Waals surface area (Å²) in [5, 5.41) is 7.02. The van der Waals surface area contributed by atoms with Crippen LogP contribution in [0.2, 0.25) is 5.02 Å². The van der Waals surface area contributed by atoms with Crippen LogP contribution in [0.15, 0.2) is 24.3 Å². The van der Waals surface area contributed by atoms with Gasteiger partial charge in [-0.25, -0.2) is 0 Å². The molecule has 0 amide bonds. The number of hydrogen-bond acceptors (Lipinski definition) is 3. The molecule has 0 bridgehead atoms. The van der Waals surface area contributed by atoms with Crippen molar-refractivity contribution in [2.75, 3.05) is 26.7 Å². The SMILES string of the molecule is CNCC(=O)C(CNCC(C)(C)C)c1ccc(Cl)cc1. The van der Waals surface area contributed by atoms with Gasteiger partial charge in [-0.1, -0.05) is 44.5 Å². The van der Waals surface area contributed by atoms with Crippen LogP contribution >= 0.6 is 11.6 Å². The Morgan fingerprint density at radius 2 is 1.85 bits per heavy atom.